The van der Waals surface area contributed by atoms with E-state index in [1.54, 1.807) is 37.3 Å². The van der Waals surface area contributed by atoms with Crippen LogP contribution in [0.1, 0.15) is 17.3 Å². The highest BCUT2D eigenvalue weighted by atomic mass is 35.5. The lowest BCUT2D eigenvalue weighted by molar-refractivity contribution is -0.125. The maximum atomic E-state index is 12.4. The van der Waals surface area contributed by atoms with E-state index in [1.807, 2.05) is 0 Å². The molecule has 6 nitrogen and oxygen atoms in total. The maximum Gasteiger partial charge on any atom is 0.335 e. The van der Waals surface area contributed by atoms with Gasteiger partial charge in [-0.15, -0.1) is 0 Å². The van der Waals surface area contributed by atoms with E-state index >= 15 is 0 Å². The molecule has 1 aliphatic heterocycles. The van der Waals surface area contributed by atoms with Crippen molar-refractivity contribution >= 4 is 29.2 Å². The summed E-state index contributed by atoms with van der Waals surface area (Å²) in [6.07, 6.45) is -0.640. The van der Waals surface area contributed by atoms with Crippen molar-refractivity contribution in [2.24, 2.45) is 0 Å². The lowest BCUT2D eigenvalue weighted by Gasteiger charge is -2.33. The minimum atomic E-state index is -1.06. The first kappa shape index (κ1) is 17.1. The molecule has 0 radical (unpaired) electrons. The van der Waals surface area contributed by atoms with Gasteiger partial charge < -0.3 is 19.5 Å². The van der Waals surface area contributed by atoms with Crippen LogP contribution in [0.3, 0.4) is 0 Å². The Labute approximate surface area is 149 Å². The average Bonchev–Trinajstić information content (AvgIpc) is 2.59. The Kier molecular flexibility index (Phi) is 4.81. The van der Waals surface area contributed by atoms with Gasteiger partial charge in [-0.3, -0.25) is 4.79 Å². The van der Waals surface area contributed by atoms with Gasteiger partial charge in [0.15, 0.2) is 6.10 Å². The fourth-order valence-corrected chi connectivity index (χ4v) is 2.68. The molecule has 0 saturated carbocycles. The SMILES string of the molecule is CC1Oc2ccc(C(=O)O)cc2N(CCOc2ccc(Cl)cc2)C1=O. The molecular formula is C18H16ClNO5. The molecule has 0 fully saturated rings. The van der Waals surface area contributed by atoms with Gasteiger partial charge in [0.1, 0.15) is 18.1 Å². The van der Waals surface area contributed by atoms with E-state index in [-0.39, 0.29) is 24.6 Å². The van der Waals surface area contributed by atoms with E-state index in [9.17, 15) is 9.59 Å². The molecule has 2 aromatic rings. The number of aromatic carboxylic acids is 1. The van der Waals surface area contributed by atoms with Crippen LogP contribution in [-0.2, 0) is 4.79 Å². The smallest absolute Gasteiger partial charge is 0.335 e. The molecule has 1 atom stereocenters. The highest BCUT2D eigenvalue weighted by Crippen LogP contribution is 2.34. The van der Waals surface area contributed by atoms with Crippen LogP contribution < -0.4 is 14.4 Å². The largest absolute Gasteiger partial charge is 0.492 e. The normalized spacial score (nSPS) is 16.2. The minimum absolute atomic E-state index is 0.0910. The Morgan fingerprint density at radius 2 is 2.00 bits per heavy atom. The Morgan fingerprint density at radius 1 is 1.28 bits per heavy atom. The van der Waals surface area contributed by atoms with Gasteiger partial charge in [0.2, 0.25) is 0 Å². The number of anilines is 1. The second-order valence-electron chi connectivity index (χ2n) is 5.54. The number of ether oxygens (including phenoxy) is 2. The van der Waals surface area contributed by atoms with Crippen LogP contribution in [0.4, 0.5) is 5.69 Å². The molecule has 0 saturated heterocycles. The van der Waals surface area contributed by atoms with E-state index in [0.29, 0.717) is 22.2 Å². The molecule has 3 rings (SSSR count). The molecule has 25 heavy (non-hydrogen) atoms. The summed E-state index contributed by atoms with van der Waals surface area (Å²) in [6.45, 7) is 2.17. The summed E-state index contributed by atoms with van der Waals surface area (Å²) < 4.78 is 11.2. The molecule has 2 aromatic carbocycles. The van der Waals surface area contributed by atoms with E-state index in [0.717, 1.165) is 0 Å². The zero-order valence-corrected chi connectivity index (χ0v) is 14.2. The molecule has 1 unspecified atom stereocenters. The van der Waals surface area contributed by atoms with Gasteiger partial charge in [-0.25, -0.2) is 4.79 Å². The van der Waals surface area contributed by atoms with Crippen molar-refractivity contribution in [1.29, 1.82) is 0 Å². The number of carbonyl (C=O) groups excluding carboxylic acids is 1. The van der Waals surface area contributed by atoms with E-state index in [2.05, 4.69) is 0 Å². The summed E-state index contributed by atoms with van der Waals surface area (Å²) in [5.74, 6) is -0.192. The molecule has 130 valence electrons. The Morgan fingerprint density at radius 3 is 2.68 bits per heavy atom. The third kappa shape index (κ3) is 3.69. The molecule has 0 spiro atoms. The van der Waals surface area contributed by atoms with Gasteiger partial charge in [0, 0.05) is 5.02 Å². The van der Waals surface area contributed by atoms with Gasteiger partial charge in [-0.1, -0.05) is 11.6 Å². The number of carboxylic acid groups (broad SMARTS) is 1. The molecule has 1 amide bonds. The highest BCUT2D eigenvalue weighted by molar-refractivity contribution is 6.30. The molecule has 0 bridgehead atoms. The molecule has 0 aliphatic carbocycles. The van der Waals surface area contributed by atoms with Crippen molar-refractivity contribution in [2.45, 2.75) is 13.0 Å². The minimum Gasteiger partial charge on any atom is -0.492 e. The lowest BCUT2D eigenvalue weighted by atomic mass is 10.1. The Balaban J connectivity index is 1.77. The number of amides is 1. The Bertz CT molecular complexity index is 806. The summed E-state index contributed by atoms with van der Waals surface area (Å²) in [4.78, 5) is 25.1. The van der Waals surface area contributed by atoms with Crippen LogP contribution in [0, 0.1) is 0 Å². The van der Waals surface area contributed by atoms with Crippen LogP contribution in [0.25, 0.3) is 0 Å². The predicted molar refractivity (Wildman–Crippen MR) is 92.8 cm³/mol. The van der Waals surface area contributed by atoms with Crippen LogP contribution in [0.2, 0.25) is 5.02 Å². The van der Waals surface area contributed by atoms with E-state index in [1.165, 1.54) is 17.0 Å². The van der Waals surface area contributed by atoms with Crippen LogP contribution in [-0.4, -0.2) is 36.2 Å². The zero-order valence-electron chi connectivity index (χ0n) is 13.4. The number of rotatable bonds is 5. The molecule has 1 aliphatic rings. The number of benzene rings is 2. The fraction of sp³-hybridized carbons (Fsp3) is 0.222. The van der Waals surface area contributed by atoms with Gasteiger partial charge in [0.25, 0.3) is 5.91 Å². The number of hydrogen-bond acceptors (Lipinski definition) is 4. The first-order chi connectivity index (χ1) is 12.0. The van der Waals surface area contributed by atoms with Crippen molar-refractivity contribution in [3.8, 4) is 11.5 Å². The standard InChI is InChI=1S/C18H16ClNO5/c1-11-17(21)20(8-9-24-14-5-3-13(19)4-6-14)15-10-12(18(22)23)2-7-16(15)25-11/h2-7,10-11H,8-9H2,1H3,(H,22,23). The van der Waals surface area contributed by atoms with Crippen molar-refractivity contribution in [2.75, 3.05) is 18.1 Å². The zero-order chi connectivity index (χ0) is 18.0. The number of nitrogens with zero attached hydrogens (tertiary/aromatic N) is 1. The van der Waals surface area contributed by atoms with Gasteiger partial charge in [0.05, 0.1) is 17.8 Å². The van der Waals surface area contributed by atoms with E-state index in [4.69, 9.17) is 26.2 Å². The lowest BCUT2D eigenvalue weighted by Crippen LogP contribution is -2.46. The third-order valence-corrected chi connectivity index (χ3v) is 4.06. The van der Waals surface area contributed by atoms with Crippen LogP contribution >= 0.6 is 11.6 Å². The number of carbonyl (C=O) groups is 2. The quantitative estimate of drug-likeness (QED) is 0.884. The molecule has 7 heteroatoms. The summed E-state index contributed by atoms with van der Waals surface area (Å²) in [7, 11) is 0. The number of hydrogen-bond donors (Lipinski definition) is 1. The van der Waals surface area contributed by atoms with Gasteiger partial charge >= 0.3 is 5.97 Å². The third-order valence-electron chi connectivity index (χ3n) is 3.81. The average molecular weight is 362 g/mol. The topological polar surface area (TPSA) is 76.1 Å². The highest BCUT2D eigenvalue weighted by Gasteiger charge is 2.32. The second kappa shape index (κ2) is 7.03. The summed E-state index contributed by atoms with van der Waals surface area (Å²) in [5.41, 5.74) is 0.524. The van der Waals surface area contributed by atoms with Gasteiger partial charge in [-0.05, 0) is 49.4 Å². The molecule has 1 heterocycles. The van der Waals surface area contributed by atoms with Crippen molar-refractivity contribution in [3.63, 3.8) is 0 Å². The summed E-state index contributed by atoms with van der Waals surface area (Å²) in [6, 6.07) is 11.4. The molecular weight excluding hydrogens is 346 g/mol. The fourth-order valence-electron chi connectivity index (χ4n) is 2.56. The number of halogens is 1. The number of carboxylic acids is 1. The summed E-state index contributed by atoms with van der Waals surface area (Å²) in [5, 5.41) is 9.77. The van der Waals surface area contributed by atoms with Crippen molar-refractivity contribution in [1.82, 2.24) is 0 Å². The van der Waals surface area contributed by atoms with Gasteiger partial charge in [-0.2, -0.15) is 0 Å². The Hall–Kier alpha value is -2.73. The first-order valence-corrected chi connectivity index (χ1v) is 8.07. The molecule has 0 aromatic heterocycles. The van der Waals surface area contributed by atoms with Crippen molar-refractivity contribution in [3.05, 3.63) is 53.1 Å². The van der Waals surface area contributed by atoms with Crippen LogP contribution in [0.5, 0.6) is 11.5 Å². The number of fused-ring (bicyclic) bond motifs is 1. The monoisotopic (exact) mass is 361 g/mol. The predicted octanol–water partition coefficient (Wildman–Crippen LogP) is 3.23. The van der Waals surface area contributed by atoms with E-state index < -0.39 is 12.1 Å². The first-order valence-electron chi connectivity index (χ1n) is 7.69. The second-order valence-corrected chi connectivity index (χ2v) is 5.98. The molecule has 1 N–H and O–H groups in total. The summed E-state index contributed by atoms with van der Waals surface area (Å²) >= 11 is 5.83. The van der Waals surface area contributed by atoms with Crippen LogP contribution in [0.15, 0.2) is 42.5 Å². The maximum absolute atomic E-state index is 12.4. The van der Waals surface area contributed by atoms with Crippen molar-refractivity contribution < 1.29 is 24.2 Å².